The Morgan fingerprint density at radius 3 is 2.00 bits per heavy atom. The lowest BCUT2D eigenvalue weighted by molar-refractivity contribution is -0.104. The van der Waals surface area contributed by atoms with Crippen LogP contribution in [0.4, 0.5) is 0 Å². The highest BCUT2D eigenvalue weighted by Crippen LogP contribution is 2.30. The molecule has 1 unspecified atom stereocenters. The summed E-state index contributed by atoms with van der Waals surface area (Å²) in [6.45, 7) is 11.7. The summed E-state index contributed by atoms with van der Waals surface area (Å²) < 4.78 is 5.89. The van der Waals surface area contributed by atoms with Crippen LogP contribution in [0.5, 0.6) is 0 Å². The largest absolute Gasteiger partial charge is 0.353 e. The number of hydrogen-bond donors (Lipinski definition) is 1. The quantitative estimate of drug-likeness (QED) is 0.626. The van der Waals surface area contributed by atoms with Crippen molar-refractivity contribution >= 4 is 0 Å². The average molecular weight is 157 g/mol. The summed E-state index contributed by atoms with van der Waals surface area (Å²) in [5, 5.41) is 3.40. The van der Waals surface area contributed by atoms with Gasteiger partial charge in [-0.2, -0.15) is 0 Å². The van der Waals surface area contributed by atoms with E-state index in [2.05, 4.69) is 39.9 Å². The van der Waals surface area contributed by atoms with E-state index < -0.39 is 0 Å². The van der Waals surface area contributed by atoms with Crippen LogP contribution in [-0.4, -0.2) is 17.9 Å². The molecular formula is C9H19NO. The first-order valence-electron chi connectivity index (χ1n) is 4.31. The minimum Gasteiger partial charge on any atom is -0.353 e. The molecule has 0 aromatic rings. The van der Waals surface area contributed by atoms with Crippen molar-refractivity contribution in [3.63, 3.8) is 0 Å². The number of hydrogen-bond acceptors (Lipinski definition) is 2. The molecule has 0 aromatic heterocycles. The van der Waals surface area contributed by atoms with Gasteiger partial charge in [0, 0.05) is 6.54 Å². The van der Waals surface area contributed by atoms with Gasteiger partial charge in [-0.3, -0.25) is 5.32 Å². The fourth-order valence-corrected chi connectivity index (χ4v) is 1.36. The van der Waals surface area contributed by atoms with Gasteiger partial charge in [-0.05, 0) is 26.7 Å². The molecule has 11 heavy (non-hydrogen) atoms. The summed E-state index contributed by atoms with van der Waals surface area (Å²) in [7, 11) is 0. The van der Waals surface area contributed by atoms with Gasteiger partial charge in [0.15, 0.2) is 0 Å². The molecule has 1 rings (SSSR count). The summed E-state index contributed by atoms with van der Waals surface area (Å²) in [5.74, 6) is 0.518. The summed E-state index contributed by atoms with van der Waals surface area (Å²) >= 11 is 0. The van der Waals surface area contributed by atoms with Gasteiger partial charge in [-0.1, -0.05) is 13.8 Å². The van der Waals surface area contributed by atoms with E-state index in [-0.39, 0.29) is 11.3 Å². The van der Waals surface area contributed by atoms with E-state index in [9.17, 15) is 0 Å². The van der Waals surface area contributed by atoms with E-state index in [0.29, 0.717) is 5.92 Å². The van der Waals surface area contributed by atoms with E-state index in [1.54, 1.807) is 0 Å². The predicted octanol–water partition coefficient (Wildman–Crippen LogP) is 1.76. The predicted molar refractivity (Wildman–Crippen MR) is 46.4 cm³/mol. The van der Waals surface area contributed by atoms with Crippen LogP contribution >= 0.6 is 0 Å². The van der Waals surface area contributed by atoms with Crippen LogP contribution < -0.4 is 5.32 Å². The van der Waals surface area contributed by atoms with Crippen molar-refractivity contribution in [3.05, 3.63) is 0 Å². The Kier molecular flexibility index (Phi) is 2.01. The Hall–Kier alpha value is -0.0800. The first-order chi connectivity index (χ1) is 4.86. The van der Waals surface area contributed by atoms with E-state index in [0.717, 1.165) is 6.54 Å². The number of rotatable bonds is 1. The smallest absolute Gasteiger partial charge is 0.119 e. The Labute approximate surface area is 69.3 Å². The molecule has 66 valence electrons. The molecule has 1 saturated heterocycles. The highest BCUT2D eigenvalue weighted by molar-refractivity contribution is 4.90. The molecule has 0 amide bonds. The Morgan fingerprint density at radius 1 is 1.27 bits per heavy atom. The fourth-order valence-electron chi connectivity index (χ4n) is 1.36. The molecule has 2 heteroatoms. The van der Waals surface area contributed by atoms with Gasteiger partial charge in [0.25, 0.3) is 0 Å². The van der Waals surface area contributed by atoms with E-state index in [1.165, 1.54) is 0 Å². The molecule has 0 spiro atoms. The molecule has 0 radical (unpaired) electrons. The molecule has 0 aliphatic carbocycles. The number of nitrogens with one attached hydrogen (secondary N) is 1. The van der Waals surface area contributed by atoms with Gasteiger partial charge in [-0.15, -0.1) is 0 Å². The summed E-state index contributed by atoms with van der Waals surface area (Å²) in [6.07, 6.45) is 0. The molecular weight excluding hydrogens is 138 g/mol. The Balaban J connectivity index is 2.65. The second-order valence-corrected chi connectivity index (χ2v) is 4.48. The highest BCUT2D eigenvalue weighted by Gasteiger charge is 2.42. The third kappa shape index (κ3) is 1.74. The van der Waals surface area contributed by atoms with Crippen molar-refractivity contribution in [2.45, 2.75) is 45.9 Å². The minimum absolute atomic E-state index is 0.000972. The fraction of sp³-hybridized carbons (Fsp3) is 1.00. The highest BCUT2D eigenvalue weighted by atomic mass is 16.5. The normalized spacial score (nSPS) is 36.5. The standard InChI is InChI=1S/C9H19NO/c1-7(2)9(5)10-6-8(3,4)11-9/h7,10H,6H2,1-5H3. The molecule has 1 N–H and O–H groups in total. The summed E-state index contributed by atoms with van der Waals surface area (Å²) in [5.41, 5.74) is -0.122. The average Bonchev–Trinajstić information content (AvgIpc) is 2.08. The van der Waals surface area contributed by atoms with E-state index >= 15 is 0 Å². The lowest BCUT2D eigenvalue weighted by Gasteiger charge is -2.30. The maximum Gasteiger partial charge on any atom is 0.119 e. The third-order valence-electron chi connectivity index (χ3n) is 2.46. The lowest BCUT2D eigenvalue weighted by atomic mass is 10.0. The van der Waals surface area contributed by atoms with Crippen molar-refractivity contribution in [2.24, 2.45) is 5.92 Å². The first-order valence-corrected chi connectivity index (χ1v) is 4.31. The molecule has 1 aliphatic rings. The zero-order chi connectivity index (χ0) is 8.70. The molecule has 0 bridgehead atoms. The first kappa shape index (κ1) is 9.01. The zero-order valence-electron chi connectivity index (χ0n) is 8.19. The Bertz CT molecular complexity index is 154. The van der Waals surface area contributed by atoms with Crippen LogP contribution in [0.1, 0.15) is 34.6 Å². The van der Waals surface area contributed by atoms with Gasteiger partial charge in [0.05, 0.1) is 5.60 Å². The van der Waals surface area contributed by atoms with E-state index in [4.69, 9.17) is 4.74 Å². The molecule has 1 fully saturated rings. The monoisotopic (exact) mass is 157 g/mol. The van der Waals surface area contributed by atoms with Crippen LogP contribution in [0.15, 0.2) is 0 Å². The van der Waals surface area contributed by atoms with Gasteiger partial charge in [0.1, 0.15) is 5.72 Å². The molecule has 1 aliphatic heterocycles. The molecule has 0 saturated carbocycles. The second kappa shape index (κ2) is 2.46. The molecule has 1 heterocycles. The van der Waals surface area contributed by atoms with Crippen LogP contribution in [0.25, 0.3) is 0 Å². The summed E-state index contributed by atoms with van der Waals surface area (Å²) in [6, 6.07) is 0. The molecule has 1 atom stereocenters. The minimum atomic E-state index is -0.122. The number of ether oxygens (including phenoxy) is 1. The lowest BCUT2D eigenvalue weighted by Crippen LogP contribution is -2.42. The van der Waals surface area contributed by atoms with Crippen LogP contribution in [0.2, 0.25) is 0 Å². The van der Waals surface area contributed by atoms with Gasteiger partial charge in [-0.25, -0.2) is 0 Å². The topological polar surface area (TPSA) is 21.3 Å². The van der Waals surface area contributed by atoms with Crippen molar-refractivity contribution in [1.82, 2.24) is 5.32 Å². The van der Waals surface area contributed by atoms with Crippen LogP contribution in [-0.2, 0) is 4.74 Å². The zero-order valence-corrected chi connectivity index (χ0v) is 8.19. The van der Waals surface area contributed by atoms with Crippen LogP contribution in [0, 0.1) is 5.92 Å². The van der Waals surface area contributed by atoms with Crippen molar-refractivity contribution < 1.29 is 4.74 Å². The third-order valence-corrected chi connectivity index (χ3v) is 2.46. The van der Waals surface area contributed by atoms with Gasteiger partial charge >= 0.3 is 0 Å². The molecule has 0 aromatic carbocycles. The van der Waals surface area contributed by atoms with Crippen molar-refractivity contribution in [3.8, 4) is 0 Å². The van der Waals surface area contributed by atoms with E-state index in [1.807, 2.05) is 0 Å². The van der Waals surface area contributed by atoms with Gasteiger partial charge in [0.2, 0.25) is 0 Å². The second-order valence-electron chi connectivity index (χ2n) is 4.48. The van der Waals surface area contributed by atoms with Crippen molar-refractivity contribution in [2.75, 3.05) is 6.54 Å². The maximum atomic E-state index is 5.89. The Morgan fingerprint density at radius 2 is 1.82 bits per heavy atom. The van der Waals surface area contributed by atoms with Crippen molar-refractivity contribution in [1.29, 1.82) is 0 Å². The van der Waals surface area contributed by atoms with Crippen LogP contribution in [0.3, 0.4) is 0 Å². The maximum absolute atomic E-state index is 5.89. The van der Waals surface area contributed by atoms with Gasteiger partial charge < -0.3 is 4.74 Å². The SMILES string of the molecule is CC(C)C1(C)NCC(C)(C)O1. The molecule has 2 nitrogen and oxygen atoms in total. The summed E-state index contributed by atoms with van der Waals surface area (Å²) in [4.78, 5) is 0.